The third kappa shape index (κ3) is 2.23. The highest BCUT2D eigenvalue weighted by Gasteiger charge is 2.31. The van der Waals surface area contributed by atoms with Gasteiger partial charge in [0.15, 0.2) is 5.82 Å². The fraction of sp³-hybridized carbons (Fsp3) is 0.500. The maximum atomic E-state index is 13.7. The molecule has 1 saturated carbocycles. The minimum Gasteiger partial charge on any atom is -0.340 e. The molecule has 0 saturated heterocycles. The number of nitrogens with one attached hydrogen (secondary N) is 1. The van der Waals surface area contributed by atoms with Gasteiger partial charge in [-0.1, -0.05) is 25.7 Å². The summed E-state index contributed by atoms with van der Waals surface area (Å²) >= 11 is 0. The summed E-state index contributed by atoms with van der Waals surface area (Å²) < 4.78 is 26.9. The second-order valence-electron chi connectivity index (χ2n) is 5.44. The van der Waals surface area contributed by atoms with Gasteiger partial charge in [0.25, 0.3) is 0 Å². The molecule has 0 unspecified atom stereocenters. The maximum absolute atomic E-state index is 13.7. The highest BCUT2D eigenvalue weighted by atomic mass is 19.1. The molecule has 1 heterocycles. The van der Waals surface area contributed by atoms with E-state index in [-0.39, 0.29) is 5.52 Å². The number of rotatable bonds is 1. The lowest BCUT2D eigenvalue weighted by Gasteiger charge is -2.25. The van der Waals surface area contributed by atoms with E-state index >= 15 is 0 Å². The molecule has 1 aliphatic rings. The van der Waals surface area contributed by atoms with Crippen LogP contribution in [0.15, 0.2) is 12.1 Å². The number of halogens is 2. The number of H-pyrrole nitrogens is 1. The summed E-state index contributed by atoms with van der Waals surface area (Å²) in [6, 6.07) is 2.11. The van der Waals surface area contributed by atoms with Gasteiger partial charge in [-0.25, -0.2) is 13.8 Å². The Kier molecular flexibility index (Phi) is 3.01. The molecule has 3 N–H and O–H groups in total. The predicted molar refractivity (Wildman–Crippen MR) is 69.6 cm³/mol. The molecular weight excluding hydrogens is 248 g/mol. The Labute approximate surface area is 110 Å². The van der Waals surface area contributed by atoms with Gasteiger partial charge >= 0.3 is 0 Å². The Balaban J connectivity index is 2.07. The largest absolute Gasteiger partial charge is 0.340 e. The van der Waals surface area contributed by atoms with Gasteiger partial charge in [0.1, 0.15) is 17.2 Å². The number of nitrogens with two attached hydrogens (primary N) is 1. The Morgan fingerprint density at radius 1 is 1.11 bits per heavy atom. The molecule has 0 spiro atoms. The van der Waals surface area contributed by atoms with Gasteiger partial charge in [-0.2, -0.15) is 0 Å². The van der Waals surface area contributed by atoms with Crippen LogP contribution in [0.2, 0.25) is 0 Å². The van der Waals surface area contributed by atoms with Crippen molar-refractivity contribution < 1.29 is 8.78 Å². The molecule has 1 aromatic heterocycles. The molecular formula is C14H17F2N3. The fourth-order valence-corrected chi connectivity index (χ4v) is 2.87. The molecule has 19 heavy (non-hydrogen) atoms. The molecule has 1 aromatic carbocycles. The Bertz CT molecular complexity index is 598. The molecule has 3 nitrogen and oxygen atoms in total. The lowest BCUT2D eigenvalue weighted by molar-refractivity contribution is 0.366. The van der Waals surface area contributed by atoms with E-state index in [0.29, 0.717) is 11.3 Å². The van der Waals surface area contributed by atoms with Crippen LogP contribution in [0.3, 0.4) is 0 Å². The van der Waals surface area contributed by atoms with Crippen LogP contribution in [-0.2, 0) is 5.54 Å². The van der Waals surface area contributed by atoms with Gasteiger partial charge in [-0.3, -0.25) is 0 Å². The molecule has 0 aliphatic heterocycles. The van der Waals surface area contributed by atoms with Crippen LogP contribution in [0.25, 0.3) is 11.0 Å². The standard InChI is InChI=1S/C14H17F2N3/c15-9-7-10(16)12-11(8-9)18-13(19-12)14(17)5-3-1-2-4-6-14/h7-8H,1-6,17H2,(H,18,19). The van der Waals surface area contributed by atoms with Crippen LogP contribution < -0.4 is 5.73 Å². The third-order valence-corrected chi connectivity index (χ3v) is 3.97. The highest BCUT2D eigenvalue weighted by molar-refractivity contribution is 5.76. The predicted octanol–water partition coefficient (Wildman–Crippen LogP) is 3.35. The average molecular weight is 265 g/mol. The fourth-order valence-electron chi connectivity index (χ4n) is 2.87. The van der Waals surface area contributed by atoms with Gasteiger partial charge in [-0.05, 0) is 18.9 Å². The average Bonchev–Trinajstić information content (AvgIpc) is 2.66. The molecule has 0 bridgehead atoms. The van der Waals surface area contributed by atoms with E-state index in [0.717, 1.165) is 31.7 Å². The van der Waals surface area contributed by atoms with E-state index in [1.54, 1.807) is 0 Å². The summed E-state index contributed by atoms with van der Waals surface area (Å²) in [5.41, 5.74) is 6.43. The molecule has 0 amide bonds. The number of aromatic nitrogens is 2. The summed E-state index contributed by atoms with van der Waals surface area (Å²) in [5, 5.41) is 0. The highest BCUT2D eigenvalue weighted by Crippen LogP contribution is 2.33. The minimum absolute atomic E-state index is 0.172. The summed E-state index contributed by atoms with van der Waals surface area (Å²) in [4.78, 5) is 7.27. The zero-order valence-electron chi connectivity index (χ0n) is 10.7. The van der Waals surface area contributed by atoms with Crippen LogP contribution in [0.4, 0.5) is 8.78 Å². The summed E-state index contributed by atoms with van der Waals surface area (Å²) in [5.74, 6) is -0.671. The number of benzene rings is 1. The topological polar surface area (TPSA) is 54.7 Å². The van der Waals surface area contributed by atoms with Crippen LogP contribution in [-0.4, -0.2) is 9.97 Å². The first-order chi connectivity index (χ1) is 9.08. The first-order valence-corrected chi connectivity index (χ1v) is 6.73. The van der Waals surface area contributed by atoms with E-state index in [1.807, 2.05) is 0 Å². The van der Waals surface area contributed by atoms with Gasteiger partial charge < -0.3 is 10.7 Å². The lowest BCUT2D eigenvalue weighted by atomic mass is 9.91. The first kappa shape index (κ1) is 12.5. The smallest absolute Gasteiger partial charge is 0.153 e. The third-order valence-electron chi connectivity index (χ3n) is 3.97. The monoisotopic (exact) mass is 265 g/mol. The van der Waals surface area contributed by atoms with E-state index < -0.39 is 17.2 Å². The molecule has 2 aromatic rings. The summed E-state index contributed by atoms with van der Waals surface area (Å²) in [6.45, 7) is 0. The maximum Gasteiger partial charge on any atom is 0.153 e. The normalized spacial score (nSPS) is 19.5. The SMILES string of the molecule is NC1(c2nc3c(F)cc(F)cc3[nH]2)CCCCCC1. The van der Waals surface area contributed by atoms with Crippen LogP contribution in [0.5, 0.6) is 0 Å². The van der Waals surface area contributed by atoms with Crippen molar-refractivity contribution in [2.45, 2.75) is 44.1 Å². The van der Waals surface area contributed by atoms with E-state index in [1.165, 1.54) is 18.9 Å². The van der Waals surface area contributed by atoms with Crippen LogP contribution >= 0.6 is 0 Å². The van der Waals surface area contributed by atoms with Crippen molar-refractivity contribution in [1.82, 2.24) is 9.97 Å². The zero-order valence-corrected chi connectivity index (χ0v) is 10.7. The number of hydrogen-bond acceptors (Lipinski definition) is 2. The van der Waals surface area contributed by atoms with Crippen molar-refractivity contribution in [1.29, 1.82) is 0 Å². The molecule has 0 atom stereocenters. The van der Waals surface area contributed by atoms with Crippen molar-refractivity contribution in [3.63, 3.8) is 0 Å². The number of aromatic amines is 1. The van der Waals surface area contributed by atoms with Crippen molar-refractivity contribution in [3.05, 3.63) is 29.6 Å². The van der Waals surface area contributed by atoms with Gasteiger partial charge in [0, 0.05) is 6.07 Å². The Morgan fingerprint density at radius 3 is 2.47 bits per heavy atom. The molecule has 3 rings (SSSR count). The summed E-state index contributed by atoms with van der Waals surface area (Å²) in [6.07, 6.45) is 6.09. The minimum atomic E-state index is -0.644. The van der Waals surface area contributed by atoms with Crippen molar-refractivity contribution in [3.8, 4) is 0 Å². The number of nitrogens with zero attached hydrogens (tertiary/aromatic N) is 1. The quantitative estimate of drug-likeness (QED) is 0.777. The van der Waals surface area contributed by atoms with E-state index in [2.05, 4.69) is 9.97 Å². The lowest BCUT2D eigenvalue weighted by Crippen LogP contribution is -2.37. The van der Waals surface area contributed by atoms with Crippen LogP contribution in [0, 0.1) is 11.6 Å². The second-order valence-corrected chi connectivity index (χ2v) is 5.44. The Morgan fingerprint density at radius 2 is 1.79 bits per heavy atom. The Hall–Kier alpha value is -1.49. The summed E-state index contributed by atoms with van der Waals surface area (Å²) in [7, 11) is 0. The molecule has 1 fully saturated rings. The van der Waals surface area contributed by atoms with Crippen molar-refractivity contribution >= 4 is 11.0 Å². The van der Waals surface area contributed by atoms with Crippen molar-refractivity contribution in [2.75, 3.05) is 0 Å². The van der Waals surface area contributed by atoms with Gasteiger partial charge in [0.2, 0.25) is 0 Å². The molecule has 0 radical (unpaired) electrons. The number of fused-ring (bicyclic) bond motifs is 1. The molecule has 5 heteroatoms. The second kappa shape index (κ2) is 4.56. The van der Waals surface area contributed by atoms with Gasteiger partial charge in [0.05, 0.1) is 11.1 Å². The molecule has 102 valence electrons. The first-order valence-electron chi connectivity index (χ1n) is 6.73. The number of imidazole rings is 1. The van der Waals surface area contributed by atoms with E-state index in [4.69, 9.17) is 5.73 Å². The number of hydrogen-bond donors (Lipinski definition) is 2. The van der Waals surface area contributed by atoms with Crippen LogP contribution in [0.1, 0.15) is 44.3 Å². The van der Waals surface area contributed by atoms with Crippen molar-refractivity contribution in [2.24, 2.45) is 5.73 Å². The van der Waals surface area contributed by atoms with E-state index in [9.17, 15) is 8.78 Å². The zero-order chi connectivity index (χ0) is 13.5. The molecule has 1 aliphatic carbocycles. The van der Waals surface area contributed by atoms with Gasteiger partial charge in [-0.15, -0.1) is 0 Å².